The molecule has 3 aromatic carbocycles. The van der Waals surface area contributed by atoms with Gasteiger partial charge in [-0.05, 0) is 94.7 Å². The zero-order valence-electron chi connectivity index (χ0n) is 23.0. The van der Waals surface area contributed by atoms with Crippen molar-refractivity contribution in [2.24, 2.45) is 11.1 Å². The number of nitriles is 1. The average Bonchev–Trinajstić information content (AvgIpc) is 2.89. The highest BCUT2D eigenvalue weighted by molar-refractivity contribution is 9.10. The lowest BCUT2D eigenvalue weighted by Gasteiger charge is -2.44. The van der Waals surface area contributed by atoms with Gasteiger partial charge in [0.1, 0.15) is 11.6 Å². The van der Waals surface area contributed by atoms with Gasteiger partial charge in [-0.3, -0.25) is 9.69 Å². The zero-order chi connectivity index (χ0) is 28.8. The Balaban J connectivity index is 1.67. The van der Waals surface area contributed by atoms with Gasteiger partial charge in [0.2, 0.25) is 0 Å². The fraction of sp³-hybridized carbons (Fsp3) is 0.273. The Kier molecular flexibility index (Phi) is 7.69. The number of benzene rings is 3. The number of allylic oxidation sites excluding steroid dienone is 3. The monoisotopic (exact) mass is 615 g/mol. The number of aryl methyl sites for hydroxylation is 1. The van der Waals surface area contributed by atoms with Crippen LogP contribution in [0.1, 0.15) is 54.9 Å². The van der Waals surface area contributed by atoms with Crippen LogP contribution in [0.25, 0.3) is 0 Å². The minimum atomic E-state index is -0.545. The summed E-state index contributed by atoms with van der Waals surface area (Å²) in [5, 5.41) is 10.5. The second-order valence-corrected chi connectivity index (χ2v) is 13.2. The smallest absolute Gasteiger partial charge is 0.162 e. The molecule has 0 fully saturated rings. The molecule has 0 radical (unpaired) electrons. The Hall–Kier alpha value is -3.34. The van der Waals surface area contributed by atoms with Crippen LogP contribution in [0, 0.1) is 36.4 Å². The molecule has 7 heteroatoms. The predicted molar refractivity (Wildman–Crippen MR) is 163 cm³/mol. The van der Waals surface area contributed by atoms with E-state index >= 15 is 0 Å². The van der Waals surface area contributed by atoms with Crippen LogP contribution in [0.4, 0.5) is 10.1 Å². The number of ketones is 1. The molecule has 0 bridgehead atoms. The van der Waals surface area contributed by atoms with Crippen molar-refractivity contribution < 1.29 is 9.18 Å². The van der Waals surface area contributed by atoms with Gasteiger partial charge in [0.15, 0.2) is 5.78 Å². The molecular weight excluding hydrogens is 585 g/mol. The number of carbonyl (C=O) groups is 1. The molecule has 0 saturated heterocycles. The van der Waals surface area contributed by atoms with Crippen LogP contribution < -0.4 is 10.6 Å². The van der Waals surface area contributed by atoms with Crippen molar-refractivity contribution >= 4 is 39.2 Å². The summed E-state index contributed by atoms with van der Waals surface area (Å²) in [6.07, 6.45) is 1.06. The Morgan fingerprint density at radius 2 is 1.82 bits per heavy atom. The zero-order valence-corrected chi connectivity index (χ0v) is 25.4. The van der Waals surface area contributed by atoms with E-state index in [0.717, 1.165) is 43.0 Å². The standard InChI is InChI=1S/C33H31BrFN3OS/c1-19-13-21(18-40-23-11-9-22(35)10-12-23)20(2)24(14-19)30-25(17-36)32(37)38(27-8-6-5-7-26(27)34)28-15-33(3,4)16-29(39)31(28)30/h5-14,30H,15-16,18,37H2,1-4H3. The first-order valence-corrected chi connectivity index (χ1v) is 15.0. The van der Waals surface area contributed by atoms with E-state index in [1.165, 1.54) is 12.1 Å². The molecule has 40 heavy (non-hydrogen) atoms. The summed E-state index contributed by atoms with van der Waals surface area (Å²) in [5.41, 5.74) is 13.4. The third-order valence-corrected chi connectivity index (χ3v) is 9.42. The summed E-state index contributed by atoms with van der Waals surface area (Å²) in [4.78, 5) is 16.9. The SMILES string of the molecule is Cc1cc(CSc2ccc(F)cc2)c(C)c(C2C(C#N)=C(N)N(c3ccccc3Br)C3=C2C(=O)CC(C)(C)C3)c1. The number of hydrogen-bond donors (Lipinski definition) is 1. The number of thioether (sulfide) groups is 1. The predicted octanol–water partition coefficient (Wildman–Crippen LogP) is 8.44. The highest BCUT2D eigenvalue weighted by Crippen LogP contribution is 2.51. The van der Waals surface area contributed by atoms with E-state index in [-0.39, 0.29) is 17.0 Å². The van der Waals surface area contributed by atoms with E-state index in [9.17, 15) is 14.4 Å². The van der Waals surface area contributed by atoms with Crippen molar-refractivity contribution in [1.82, 2.24) is 0 Å². The summed E-state index contributed by atoms with van der Waals surface area (Å²) in [6.45, 7) is 8.29. The first-order chi connectivity index (χ1) is 19.0. The molecule has 1 heterocycles. The van der Waals surface area contributed by atoms with Crippen LogP contribution in [0.2, 0.25) is 0 Å². The van der Waals surface area contributed by atoms with Crippen molar-refractivity contribution in [3.8, 4) is 6.07 Å². The van der Waals surface area contributed by atoms with Gasteiger partial charge in [0.05, 0.1) is 23.2 Å². The Bertz CT molecular complexity index is 1620. The van der Waals surface area contributed by atoms with Crippen molar-refractivity contribution in [2.75, 3.05) is 4.90 Å². The van der Waals surface area contributed by atoms with Crippen LogP contribution >= 0.6 is 27.7 Å². The lowest BCUT2D eigenvalue weighted by atomic mass is 9.68. The van der Waals surface area contributed by atoms with E-state index in [0.29, 0.717) is 35.6 Å². The van der Waals surface area contributed by atoms with Crippen LogP contribution in [-0.2, 0) is 10.5 Å². The molecule has 1 aliphatic carbocycles. The van der Waals surface area contributed by atoms with Gasteiger partial charge in [0, 0.05) is 32.8 Å². The van der Waals surface area contributed by atoms with Gasteiger partial charge in [-0.2, -0.15) is 5.26 Å². The number of para-hydroxylation sites is 1. The van der Waals surface area contributed by atoms with E-state index in [1.807, 2.05) is 36.1 Å². The third kappa shape index (κ3) is 5.23. The fourth-order valence-corrected chi connectivity index (χ4v) is 7.25. The van der Waals surface area contributed by atoms with Gasteiger partial charge in [-0.1, -0.05) is 43.7 Å². The van der Waals surface area contributed by atoms with Crippen molar-refractivity contribution in [3.63, 3.8) is 0 Å². The Labute approximate surface area is 247 Å². The van der Waals surface area contributed by atoms with Crippen LogP contribution in [-0.4, -0.2) is 5.78 Å². The number of nitrogens with zero attached hydrogens (tertiary/aromatic N) is 2. The van der Waals surface area contributed by atoms with E-state index in [4.69, 9.17) is 5.73 Å². The number of halogens is 2. The summed E-state index contributed by atoms with van der Waals surface area (Å²) >= 11 is 5.29. The molecular formula is C33H31BrFN3OS. The number of anilines is 1. The molecule has 5 rings (SSSR count). The van der Waals surface area contributed by atoms with Gasteiger partial charge in [-0.25, -0.2) is 4.39 Å². The first-order valence-electron chi connectivity index (χ1n) is 13.2. The topological polar surface area (TPSA) is 70.1 Å². The van der Waals surface area contributed by atoms with E-state index in [2.05, 4.69) is 54.9 Å². The highest BCUT2D eigenvalue weighted by Gasteiger charge is 2.45. The molecule has 0 spiro atoms. The average molecular weight is 617 g/mol. The molecule has 0 amide bonds. The van der Waals surface area contributed by atoms with Crippen LogP contribution in [0.15, 0.2) is 92.7 Å². The largest absolute Gasteiger partial charge is 0.384 e. The quantitative estimate of drug-likeness (QED) is 0.292. The van der Waals surface area contributed by atoms with Crippen molar-refractivity contribution in [3.05, 3.63) is 116 Å². The maximum absolute atomic E-state index is 14.0. The fourth-order valence-electron chi connectivity index (χ4n) is 5.83. The number of rotatable bonds is 5. The molecule has 3 aromatic rings. The molecule has 204 valence electrons. The molecule has 2 aliphatic rings. The normalized spacial score (nSPS) is 18.6. The Morgan fingerprint density at radius 3 is 2.50 bits per heavy atom. The maximum Gasteiger partial charge on any atom is 0.162 e. The van der Waals surface area contributed by atoms with Crippen LogP contribution in [0.3, 0.4) is 0 Å². The second kappa shape index (κ2) is 10.9. The molecule has 4 nitrogen and oxygen atoms in total. The summed E-state index contributed by atoms with van der Waals surface area (Å²) in [6, 6.07) is 20.9. The summed E-state index contributed by atoms with van der Waals surface area (Å²) in [5.74, 6) is 0.279. The van der Waals surface area contributed by atoms with Gasteiger partial charge < -0.3 is 5.73 Å². The summed E-state index contributed by atoms with van der Waals surface area (Å²) in [7, 11) is 0. The number of nitrogens with two attached hydrogens (primary N) is 1. The van der Waals surface area contributed by atoms with Crippen molar-refractivity contribution in [1.29, 1.82) is 5.26 Å². The Morgan fingerprint density at radius 1 is 1.12 bits per heavy atom. The lowest BCUT2D eigenvalue weighted by Crippen LogP contribution is -2.42. The van der Waals surface area contributed by atoms with Gasteiger partial charge in [0.25, 0.3) is 0 Å². The third-order valence-electron chi connectivity index (χ3n) is 7.69. The molecule has 0 aromatic heterocycles. The van der Waals surface area contributed by atoms with Crippen LogP contribution in [0.5, 0.6) is 0 Å². The highest BCUT2D eigenvalue weighted by atomic mass is 79.9. The number of hydrogen-bond acceptors (Lipinski definition) is 5. The molecule has 1 unspecified atom stereocenters. The van der Waals surface area contributed by atoms with E-state index in [1.54, 1.807) is 23.9 Å². The second-order valence-electron chi connectivity index (χ2n) is 11.3. The minimum Gasteiger partial charge on any atom is -0.384 e. The first kappa shape index (κ1) is 28.2. The summed E-state index contributed by atoms with van der Waals surface area (Å²) < 4.78 is 14.2. The molecule has 1 atom stereocenters. The van der Waals surface area contributed by atoms with E-state index < -0.39 is 5.92 Å². The molecule has 1 aliphatic heterocycles. The van der Waals surface area contributed by atoms with Gasteiger partial charge in [-0.15, -0.1) is 11.8 Å². The number of Topliss-reactive ketones (excluding diaryl/α,β-unsaturated/α-hetero) is 1. The minimum absolute atomic E-state index is 0.0525. The number of carbonyl (C=O) groups excluding carboxylic acids is 1. The molecule has 2 N–H and O–H groups in total. The maximum atomic E-state index is 14.0. The van der Waals surface area contributed by atoms with Crippen molar-refractivity contribution in [2.45, 2.75) is 57.1 Å². The molecule has 0 saturated carbocycles. The lowest BCUT2D eigenvalue weighted by molar-refractivity contribution is -0.118. The van der Waals surface area contributed by atoms with Gasteiger partial charge >= 0.3 is 0 Å².